The second kappa shape index (κ2) is 8.50. The molecule has 1 aliphatic heterocycles. The molecular weight excluding hydrogens is 322 g/mol. The number of likely N-dealkylation sites (tertiary alicyclic amines) is 1. The molecule has 7 nitrogen and oxygen atoms in total. The molecule has 136 valence electrons. The average molecular weight is 347 g/mol. The van der Waals surface area contributed by atoms with E-state index in [1.165, 1.54) is 7.11 Å². The lowest BCUT2D eigenvalue weighted by molar-refractivity contribution is -0.141. The predicted molar refractivity (Wildman–Crippen MR) is 94.0 cm³/mol. The minimum absolute atomic E-state index is 0.0376. The number of amides is 3. The van der Waals surface area contributed by atoms with Crippen LogP contribution < -0.4 is 11.1 Å². The van der Waals surface area contributed by atoms with Gasteiger partial charge in [-0.2, -0.15) is 0 Å². The van der Waals surface area contributed by atoms with Crippen molar-refractivity contribution in [2.75, 3.05) is 25.5 Å². The standard InChI is InChI=1S/C18H25N3O4/c1-12(10-16(22)25-2)13-5-7-15(8-6-13)20-18(24)21-9-3-4-14(11-21)17(19)23/h5-8,12,14H,3-4,9-11H2,1-2H3,(H2,19,23)(H,20,24)/t12-,14+/m1/s1. The van der Waals surface area contributed by atoms with E-state index in [2.05, 4.69) is 10.1 Å². The molecule has 1 aromatic carbocycles. The van der Waals surface area contributed by atoms with Crippen LogP contribution in [-0.4, -0.2) is 43.0 Å². The monoisotopic (exact) mass is 347 g/mol. The molecule has 3 amide bonds. The maximum Gasteiger partial charge on any atom is 0.321 e. The number of nitrogens with one attached hydrogen (secondary N) is 1. The van der Waals surface area contributed by atoms with E-state index in [0.717, 1.165) is 18.4 Å². The molecule has 25 heavy (non-hydrogen) atoms. The number of carbonyl (C=O) groups is 3. The number of ether oxygens (including phenoxy) is 1. The fraction of sp³-hybridized carbons (Fsp3) is 0.500. The summed E-state index contributed by atoms with van der Waals surface area (Å²) in [6.45, 7) is 2.92. The summed E-state index contributed by atoms with van der Waals surface area (Å²) in [4.78, 5) is 36.6. The highest BCUT2D eigenvalue weighted by atomic mass is 16.5. The molecule has 1 aliphatic rings. The first-order valence-corrected chi connectivity index (χ1v) is 8.42. The number of benzene rings is 1. The Balaban J connectivity index is 1.93. The van der Waals surface area contributed by atoms with Crippen molar-refractivity contribution in [2.24, 2.45) is 11.7 Å². The number of anilines is 1. The molecule has 1 heterocycles. The van der Waals surface area contributed by atoms with E-state index in [4.69, 9.17) is 5.73 Å². The van der Waals surface area contributed by atoms with E-state index in [9.17, 15) is 14.4 Å². The predicted octanol–water partition coefficient (Wildman–Crippen LogP) is 2.08. The summed E-state index contributed by atoms with van der Waals surface area (Å²) < 4.78 is 4.68. The zero-order valence-corrected chi connectivity index (χ0v) is 14.7. The molecule has 1 fully saturated rings. The second-order valence-corrected chi connectivity index (χ2v) is 6.42. The van der Waals surface area contributed by atoms with E-state index < -0.39 is 0 Å². The third-order valence-electron chi connectivity index (χ3n) is 4.54. The number of hydrogen-bond donors (Lipinski definition) is 2. The molecule has 0 bridgehead atoms. The van der Waals surface area contributed by atoms with Gasteiger partial charge >= 0.3 is 12.0 Å². The molecule has 7 heteroatoms. The zero-order chi connectivity index (χ0) is 18.4. The third kappa shape index (κ3) is 5.20. The van der Waals surface area contributed by atoms with Crippen molar-refractivity contribution >= 4 is 23.6 Å². The molecule has 0 unspecified atom stereocenters. The van der Waals surface area contributed by atoms with E-state index in [0.29, 0.717) is 25.2 Å². The average Bonchev–Trinajstić information content (AvgIpc) is 2.62. The molecule has 0 aromatic heterocycles. The third-order valence-corrected chi connectivity index (χ3v) is 4.54. The Morgan fingerprint density at radius 2 is 2.00 bits per heavy atom. The van der Waals surface area contributed by atoms with Gasteiger partial charge in [0.15, 0.2) is 0 Å². The van der Waals surface area contributed by atoms with Gasteiger partial charge in [-0.05, 0) is 36.5 Å². The van der Waals surface area contributed by atoms with Gasteiger partial charge in [0.25, 0.3) is 0 Å². The maximum absolute atomic E-state index is 12.3. The van der Waals surface area contributed by atoms with Gasteiger partial charge in [0, 0.05) is 18.8 Å². The van der Waals surface area contributed by atoms with Crippen molar-refractivity contribution in [1.29, 1.82) is 0 Å². The number of piperidine rings is 1. The largest absolute Gasteiger partial charge is 0.469 e. The van der Waals surface area contributed by atoms with Crippen LogP contribution in [0, 0.1) is 5.92 Å². The molecular formula is C18H25N3O4. The minimum Gasteiger partial charge on any atom is -0.469 e. The van der Waals surface area contributed by atoms with Gasteiger partial charge in [0.1, 0.15) is 0 Å². The van der Waals surface area contributed by atoms with E-state index >= 15 is 0 Å². The molecule has 2 rings (SSSR count). The highest BCUT2D eigenvalue weighted by Crippen LogP contribution is 2.22. The lowest BCUT2D eigenvalue weighted by Crippen LogP contribution is -2.45. The van der Waals surface area contributed by atoms with E-state index in [-0.39, 0.29) is 29.7 Å². The first-order chi connectivity index (χ1) is 11.9. The Bertz CT molecular complexity index is 630. The van der Waals surface area contributed by atoms with Gasteiger partial charge in [-0.15, -0.1) is 0 Å². The number of urea groups is 1. The lowest BCUT2D eigenvalue weighted by Gasteiger charge is -2.31. The molecule has 0 spiro atoms. The SMILES string of the molecule is COC(=O)C[C@@H](C)c1ccc(NC(=O)N2CCC[C@H](C(N)=O)C2)cc1. The minimum atomic E-state index is -0.360. The summed E-state index contributed by atoms with van der Waals surface area (Å²) in [5, 5.41) is 2.83. The molecule has 0 saturated carbocycles. The summed E-state index contributed by atoms with van der Waals surface area (Å²) >= 11 is 0. The Hall–Kier alpha value is -2.57. The molecule has 0 aliphatic carbocycles. The Labute approximate surface area is 147 Å². The number of primary amides is 1. The summed E-state index contributed by atoms with van der Waals surface area (Å²) in [7, 11) is 1.37. The number of esters is 1. The number of rotatable bonds is 5. The first-order valence-electron chi connectivity index (χ1n) is 8.42. The van der Waals surface area contributed by atoms with Crippen molar-refractivity contribution < 1.29 is 19.1 Å². The van der Waals surface area contributed by atoms with Crippen LogP contribution in [0.2, 0.25) is 0 Å². The van der Waals surface area contributed by atoms with E-state index in [1.54, 1.807) is 17.0 Å². The van der Waals surface area contributed by atoms with Crippen molar-refractivity contribution in [1.82, 2.24) is 4.90 Å². The van der Waals surface area contributed by atoms with Crippen LogP contribution in [0.4, 0.5) is 10.5 Å². The van der Waals surface area contributed by atoms with Crippen molar-refractivity contribution in [3.63, 3.8) is 0 Å². The number of hydrogen-bond acceptors (Lipinski definition) is 4. The highest BCUT2D eigenvalue weighted by molar-refractivity contribution is 5.90. The number of carbonyl (C=O) groups excluding carboxylic acids is 3. The van der Waals surface area contributed by atoms with Crippen molar-refractivity contribution in [2.45, 2.75) is 32.1 Å². The number of nitrogens with zero attached hydrogens (tertiary/aromatic N) is 1. The normalized spacial score (nSPS) is 18.3. The lowest BCUT2D eigenvalue weighted by atomic mass is 9.97. The second-order valence-electron chi connectivity index (χ2n) is 6.42. The summed E-state index contributed by atoms with van der Waals surface area (Å²) in [5.74, 6) is -0.850. The van der Waals surface area contributed by atoms with Crippen LogP contribution in [-0.2, 0) is 14.3 Å². The fourth-order valence-electron chi connectivity index (χ4n) is 2.94. The maximum atomic E-state index is 12.3. The molecule has 3 N–H and O–H groups in total. The Morgan fingerprint density at radius 3 is 2.60 bits per heavy atom. The quantitative estimate of drug-likeness (QED) is 0.796. The van der Waals surface area contributed by atoms with Gasteiger partial charge < -0.3 is 20.7 Å². The molecule has 1 aromatic rings. The van der Waals surface area contributed by atoms with Crippen LogP contribution in [0.25, 0.3) is 0 Å². The highest BCUT2D eigenvalue weighted by Gasteiger charge is 2.27. The first kappa shape index (κ1) is 18.8. The summed E-state index contributed by atoms with van der Waals surface area (Å²) in [6, 6.07) is 7.13. The zero-order valence-electron chi connectivity index (χ0n) is 14.7. The van der Waals surface area contributed by atoms with Crippen molar-refractivity contribution in [3.05, 3.63) is 29.8 Å². The number of nitrogens with two attached hydrogens (primary N) is 1. The summed E-state index contributed by atoms with van der Waals surface area (Å²) in [5.41, 5.74) is 7.00. The molecule has 1 saturated heterocycles. The van der Waals surface area contributed by atoms with Gasteiger partial charge in [0.05, 0.1) is 19.4 Å². The van der Waals surface area contributed by atoms with Crippen LogP contribution in [0.3, 0.4) is 0 Å². The van der Waals surface area contributed by atoms with Crippen LogP contribution >= 0.6 is 0 Å². The summed E-state index contributed by atoms with van der Waals surface area (Å²) in [6.07, 6.45) is 1.81. The van der Waals surface area contributed by atoms with Crippen LogP contribution in [0.1, 0.15) is 37.7 Å². The van der Waals surface area contributed by atoms with Crippen LogP contribution in [0.5, 0.6) is 0 Å². The van der Waals surface area contributed by atoms with Gasteiger partial charge in [-0.1, -0.05) is 19.1 Å². The molecule has 2 atom stereocenters. The topological polar surface area (TPSA) is 102 Å². The van der Waals surface area contributed by atoms with Crippen LogP contribution in [0.15, 0.2) is 24.3 Å². The van der Waals surface area contributed by atoms with Crippen molar-refractivity contribution in [3.8, 4) is 0 Å². The smallest absolute Gasteiger partial charge is 0.321 e. The number of methoxy groups -OCH3 is 1. The molecule has 0 radical (unpaired) electrons. The van der Waals surface area contributed by atoms with Gasteiger partial charge in [-0.3, -0.25) is 9.59 Å². The van der Waals surface area contributed by atoms with Gasteiger partial charge in [0.2, 0.25) is 5.91 Å². The van der Waals surface area contributed by atoms with Gasteiger partial charge in [-0.25, -0.2) is 4.79 Å². The fourth-order valence-corrected chi connectivity index (χ4v) is 2.94. The van der Waals surface area contributed by atoms with E-state index in [1.807, 2.05) is 19.1 Å². The Morgan fingerprint density at radius 1 is 1.32 bits per heavy atom. The Kier molecular flexibility index (Phi) is 6.38.